The lowest BCUT2D eigenvalue weighted by Gasteiger charge is -2.31. The molecule has 2 atom stereocenters. The number of hydrogen-bond acceptors (Lipinski definition) is 3. The van der Waals surface area contributed by atoms with Crippen molar-refractivity contribution in [3.05, 3.63) is 59.9 Å². The monoisotopic (exact) mass is 433 g/mol. The summed E-state index contributed by atoms with van der Waals surface area (Å²) in [6, 6.07) is 13.3. The molecule has 1 heterocycles. The van der Waals surface area contributed by atoms with E-state index in [1.807, 2.05) is 30.3 Å². The molecule has 1 N–H and O–H groups in total. The molecule has 0 aliphatic carbocycles. The number of nitrogens with zero attached hydrogens (tertiary/aromatic N) is 2. The number of amides is 2. The summed E-state index contributed by atoms with van der Waals surface area (Å²) in [4.78, 5) is 15.9. The van der Waals surface area contributed by atoms with Gasteiger partial charge < -0.3 is 9.80 Å². The molecule has 0 aromatic heterocycles. The number of halogens is 1. The number of carbonyl (C=O) groups is 1. The minimum Gasteiger partial charge on any atom is -0.331 e. The topological polar surface area (TPSA) is 69.7 Å². The number of hydrogen-bond donors (Lipinski definition) is 1. The van der Waals surface area contributed by atoms with Crippen LogP contribution >= 0.6 is 0 Å². The Bertz CT molecular complexity index is 1010. The highest BCUT2D eigenvalue weighted by molar-refractivity contribution is 7.89. The first-order valence-corrected chi connectivity index (χ1v) is 11.7. The van der Waals surface area contributed by atoms with Crippen molar-refractivity contribution in [1.29, 1.82) is 0 Å². The fourth-order valence-electron chi connectivity index (χ4n) is 3.84. The molecule has 0 radical (unpaired) electrons. The molecule has 30 heavy (non-hydrogen) atoms. The Labute approximate surface area is 177 Å². The van der Waals surface area contributed by atoms with Crippen LogP contribution in [0.5, 0.6) is 0 Å². The molecule has 1 fully saturated rings. The first-order chi connectivity index (χ1) is 14.2. The van der Waals surface area contributed by atoms with Gasteiger partial charge in [0.2, 0.25) is 10.0 Å². The molecule has 1 aliphatic heterocycles. The van der Waals surface area contributed by atoms with E-state index < -0.39 is 10.0 Å². The summed E-state index contributed by atoms with van der Waals surface area (Å²) in [6.07, 6.45) is 1.06. The molecule has 0 saturated carbocycles. The highest BCUT2D eigenvalue weighted by atomic mass is 32.2. The van der Waals surface area contributed by atoms with Crippen molar-refractivity contribution in [3.63, 3.8) is 0 Å². The third-order valence-electron chi connectivity index (χ3n) is 5.41. The molecule has 0 bridgehead atoms. The highest BCUT2D eigenvalue weighted by Crippen LogP contribution is 2.26. The summed E-state index contributed by atoms with van der Waals surface area (Å²) >= 11 is 0. The van der Waals surface area contributed by atoms with Crippen molar-refractivity contribution < 1.29 is 17.6 Å². The van der Waals surface area contributed by atoms with Gasteiger partial charge in [-0.1, -0.05) is 36.4 Å². The smallest absolute Gasteiger partial charge is 0.319 e. The van der Waals surface area contributed by atoms with Crippen LogP contribution in [0.3, 0.4) is 0 Å². The standard InChI is InChI=1S/C22H28FN3O3S/c1-4-30(28,29)24-20-11-12-26(22(27)25(2)3)21(20)14-16-7-5-8-17(13-16)18-9-6-10-19(23)15-18/h5-10,13,15,20-21,24H,4,11-12,14H2,1-3H3/t20-,21-/m0/s1. The maximum atomic E-state index is 13.6. The molecule has 2 amide bonds. The first kappa shape index (κ1) is 22.2. The van der Waals surface area contributed by atoms with Crippen molar-refractivity contribution in [1.82, 2.24) is 14.5 Å². The third-order valence-corrected chi connectivity index (χ3v) is 6.84. The van der Waals surface area contributed by atoms with E-state index in [1.54, 1.807) is 32.0 Å². The zero-order chi connectivity index (χ0) is 21.9. The zero-order valence-electron chi connectivity index (χ0n) is 17.5. The maximum Gasteiger partial charge on any atom is 0.319 e. The Morgan fingerprint density at radius 1 is 1.17 bits per heavy atom. The Morgan fingerprint density at radius 3 is 2.47 bits per heavy atom. The van der Waals surface area contributed by atoms with E-state index in [2.05, 4.69) is 4.72 Å². The van der Waals surface area contributed by atoms with E-state index in [0.717, 1.165) is 16.7 Å². The van der Waals surface area contributed by atoms with Gasteiger partial charge >= 0.3 is 6.03 Å². The number of rotatable bonds is 6. The van der Waals surface area contributed by atoms with Crippen LogP contribution in [-0.4, -0.2) is 62.7 Å². The second-order valence-electron chi connectivity index (χ2n) is 7.77. The fraction of sp³-hybridized carbons (Fsp3) is 0.409. The first-order valence-electron chi connectivity index (χ1n) is 10.0. The normalized spacial score (nSPS) is 19.1. The summed E-state index contributed by atoms with van der Waals surface area (Å²) in [5.74, 6) is -0.308. The van der Waals surface area contributed by atoms with Crippen molar-refractivity contribution in [3.8, 4) is 11.1 Å². The molecule has 0 unspecified atom stereocenters. The number of nitrogens with one attached hydrogen (secondary N) is 1. The Balaban J connectivity index is 1.89. The molecule has 3 rings (SSSR count). The van der Waals surface area contributed by atoms with E-state index in [-0.39, 0.29) is 29.7 Å². The lowest BCUT2D eigenvalue weighted by molar-refractivity contribution is 0.163. The highest BCUT2D eigenvalue weighted by Gasteiger charge is 2.39. The van der Waals surface area contributed by atoms with Crippen molar-refractivity contribution in [2.24, 2.45) is 0 Å². The summed E-state index contributed by atoms with van der Waals surface area (Å²) in [5, 5.41) is 0. The molecular formula is C22H28FN3O3S. The SMILES string of the molecule is CCS(=O)(=O)N[C@H]1CCN(C(=O)N(C)C)[C@H]1Cc1cccc(-c2cccc(F)c2)c1. The summed E-state index contributed by atoms with van der Waals surface area (Å²) in [6.45, 7) is 2.08. The molecule has 8 heteroatoms. The maximum absolute atomic E-state index is 13.6. The van der Waals surface area contributed by atoms with Gasteiger partial charge in [0, 0.05) is 26.7 Å². The van der Waals surface area contributed by atoms with Gasteiger partial charge in [0.15, 0.2) is 0 Å². The minimum absolute atomic E-state index is 0.00704. The van der Waals surface area contributed by atoms with E-state index in [9.17, 15) is 17.6 Å². The van der Waals surface area contributed by atoms with E-state index in [1.165, 1.54) is 17.0 Å². The van der Waals surface area contributed by atoms with Gasteiger partial charge in [0.25, 0.3) is 0 Å². The van der Waals surface area contributed by atoms with Crippen LogP contribution in [0.25, 0.3) is 11.1 Å². The van der Waals surface area contributed by atoms with E-state index >= 15 is 0 Å². The number of benzene rings is 2. The number of sulfonamides is 1. The summed E-state index contributed by atoms with van der Waals surface area (Å²) in [7, 11) is -0.0206. The minimum atomic E-state index is -3.40. The number of urea groups is 1. The average Bonchev–Trinajstić information content (AvgIpc) is 3.09. The second-order valence-corrected chi connectivity index (χ2v) is 9.81. The lowest BCUT2D eigenvalue weighted by Crippen LogP contribution is -2.50. The molecule has 1 aliphatic rings. The largest absolute Gasteiger partial charge is 0.331 e. The van der Waals surface area contributed by atoms with Gasteiger partial charge in [-0.2, -0.15) is 0 Å². The third kappa shape index (κ3) is 5.17. The molecule has 162 valence electrons. The van der Waals surface area contributed by atoms with Crippen LogP contribution in [0.4, 0.5) is 9.18 Å². The van der Waals surface area contributed by atoms with Gasteiger partial charge in [0.05, 0.1) is 11.8 Å². The second kappa shape index (κ2) is 9.14. The van der Waals surface area contributed by atoms with Crippen LogP contribution in [0, 0.1) is 5.82 Å². The van der Waals surface area contributed by atoms with Crippen LogP contribution in [0.2, 0.25) is 0 Å². The van der Waals surface area contributed by atoms with Crippen LogP contribution < -0.4 is 4.72 Å². The Morgan fingerprint density at radius 2 is 1.83 bits per heavy atom. The lowest BCUT2D eigenvalue weighted by atomic mass is 9.97. The quantitative estimate of drug-likeness (QED) is 0.761. The fourth-order valence-corrected chi connectivity index (χ4v) is 4.74. The molecule has 2 aromatic rings. The molecule has 0 spiro atoms. The van der Waals surface area contributed by atoms with Gasteiger partial charge in [-0.15, -0.1) is 0 Å². The zero-order valence-corrected chi connectivity index (χ0v) is 18.3. The molecule has 1 saturated heterocycles. The molecule has 2 aromatic carbocycles. The predicted molar refractivity (Wildman–Crippen MR) is 116 cm³/mol. The predicted octanol–water partition coefficient (Wildman–Crippen LogP) is 3.10. The van der Waals surface area contributed by atoms with Gasteiger partial charge in [-0.05, 0) is 48.6 Å². The Kier molecular flexibility index (Phi) is 6.77. The van der Waals surface area contributed by atoms with Gasteiger partial charge in [-0.25, -0.2) is 22.3 Å². The summed E-state index contributed by atoms with van der Waals surface area (Å²) < 4.78 is 40.7. The van der Waals surface area contributed by atoms with Crippen molar-refractivity contribution in [2.45, 2.75) is 31.8 Å². The summed E-state index contributed by atoms with van der Waals surface area (Å²) in [5.41, 5.74) is 2.61. The van der Waals surface area contributed by atoms with Crippen molar-refractivity contribution in [2.75, 3.05) is 26.4 Å². The van der Waals surface area contributed by atoms with Crippen LogP contribution in [0.1, 0.15) is 18.9 Å². The van der Waals surface area contributed by atoms with Crippen molar-refractivity contribution >= 4 is 16.1 Å². The van der Waals surface area contributed by atoms with E-state index in [4.69, 9.17) is 0 Å². The Hall–Kier alpha value is -2.45. The number of likely N-dealkylation sites (tertiary alicyclic amines) is 1. The average molecular weight is 434 g/mol. The van der Waals surface area contributed by atoms with Crippen LogP contribution in [-0.2, 0) is 16.4 Å². The van der Waals surface area contributed by atoms with E-state index in [0.29, 0.717) is 19.4 Å². The molecule has 6 nitrogen and oxygen atoms in total. The molecular weight excluding hydrogens is 405 g/mol. The van der Waals surface area contributed by atoms with Crippen LogP contribution in [0.15, 0.2) is 48.5 Å². The van der Waals surface area contributed by atoms with Gasteiger partial charge in [-0.3, -0.25) is 0 Å². The van der Waals surface area contributed by atoms with Gasteiger partial charge in [0.1, 0.15) is 5.82 Å². The number of carbonyl (C=O) groups excluding carboxylic acids is 1.